The number of sulfonamides is 1. The lowest BCUT2D eigenvalue weighted by molar-refractivity contribution is -0.121. The van der Waals surface area contributed by atoms with Crippen molar-refractivity contribution in [1.29, 1.82) is 0 Å². The smallest absolute Gasteiger partial charge is 0.265 e. The summed E-state index contributed by atoms with van der Waals surface area (Å²) >= 11 is 0. The van der Waals surface area contributed by atoms with Crippen LogP contribution < -0.4 is 10.1 Å². The van der Waals surface area contributed by atoms with Crippen molar-refractivity contribution in [3.05, 3.63) is 101 Å². The van der Waals surface area contributed by atoms with Crippen LogP contribution in [0.5, 0.6) is 5.75 Å². The number of hydrogen-bond donors (Lipinski definition) is 1. The van der Waals surface area contributed by atoms with Gasteiger partial charge in [-0.15, -0.1) is 0 Å². The van der Waals surface area contributed by atoms with E-state index in [1.165, 1.54) is 6.07 Å². The van der Waals surface area contributed by atoms with Crippen molar-refractivity contribution in [3.63, 3.8) is 0 Å². The number of ketones is 1. The molecule has 0 fully saturated rings. The first-order valence-corrected chi connectivity index (χ1v) is 13.7. The Kier molecular flexibility index (Phi) is 8.08. The van der Waals surface area contributed by atoms with Crippen molar-refractivity contribution in [2.45, 2.75) is 38.0 Å². The third-order valence-electron chi connectivity index (χ3n) is 6.08. The highest BCUT2D eigenvalue weighted by Crippen LogP contribution is 2.37. The van der Waals surface area contributed by atoms with Crippen molar-refractivity contribution >= 4 is 27.4 Å². The minimum atomic E-state index is -4.02. The highest BCUT2D eigenvalue weighted by Gasteiger charge is 2.40. The minimum Gasteiger partial charge on any atom is -0.484 e. The van der Waals surface area contributed by atoms with Crippen molar-refractivity contribution in [2.24, 2.45) is 0 Å². The van der Waals surface area contributed by atoms with Crippen LogP contribution in [0.2, 0.25) is 0 Å². The molecule has 0 saturated heterocycles. The van der Waals surface area contributed by atoms with Crippen LogP contribution in [-0.4, -0.2) is 37.6 Å². The maximum Gasteiger partial charge on any atom is 0.265 e. The standard InChI is InChI=1S/C29H30N2O5S/c1-3-4-10-19-31-28(29(33)22-11-6-5-7-12-22)27(24-13-8-9-14-25(24)37(31,34)35)30-26(32)20-36-23-17-15-21(2)16-18-23/h5-9,11-18H,3-4,10,19-20H2,1-2H3,(H,30,32). The van der Waals surface area contributed by atoms with Crippen LogP contribution in [0, 0.1) is 6.92 Å². The van der Waals surface area contributed by atoms with Gasteiger partial charge in [-0.25, -0.2) is 8.42 Å². The lowest BCUT2D eigenvalue weighted by atomic mass is 10.0. The van der Waals surface area contributed by atoms with Gasteiger partial charge in [-0.05, 0) is 31.5 Å². The summed E-state index contributed by atoms with van der Waals surface area (Å²) in [6, 6.07) is 22.2. The van der Waals surface area contributed by atoms with Crippen LogP contribution in [0.15, 0.2) is 89.5 Å². The monoisotopic (exact) mass is 518 g/mol. The fourth-order valence-electron chi connectivity index (χ4n) is 4.17. The average molecular weight is 519 g/mol. The molecule has 0 spiro atoms. The first kappa shape index (κ1) is 26.2. The van der Waals surface area contributed by atoms with Crippen LogP contribution in [0.1, 0.15) is 47.7 Å². The summed E-state index contributed by atoms with van der Waals surface area (Å²) < 4.78 is 34.2. The van der Waals surface area contributed by atoms with E-state index in [4.69, 9.17) is 4.74 Å². The molecule has 4 rings (SSSR count). The lowest BCUT2D eigenvalue weighted by Gasteiger charge is -2.33. The number of aryl methyl sites for hydroxylation is 1. The van der Waals surface area contributed by atoms with Gasteiger partial charge in [0.05, 0.1) is 10.6 Å². The maximum atomic E-state index is 13.8. The van der Waals surface area contributed by atoms with E-state index in [-0.39, 0.29) is 35.0 Å². The molecule has 3 aromatic carbocycles. The Morgan fingerprint density at radius 2 is 1.57 bits per heavy atom. The summed E-state index contributed by atoms with van der Waals surface area (Å²) in [5, 5.41) is 2.80. The molecule has 0 radical (unpaired) electrons. The van der Waals surface area contributed by atoms with Crippen molar-refractivity contribution < 1.29 is 22.7 Å². The topological polar surface area (TPSA) is 92.8 Å². The van der Waals surface area contributed by atoms with Gasteiger partial charge in [0.2, 0.25) is 5.78 Å². The minimum absolute atomic E-state index is 0.0471. The number of carbonyl (C=O) groups is 2. The van der Waals surface area contributed by atoms with Gasteiger partial charge >= 0.3 is 0 Å². The van der Waals surface area contributed by atoms with E-state index in [0.717, 1.165) is 22.7 Å². The van der Waals surface area contributed by atoms with E-state index < -0.39 is 21.7 Å². The first-order chi connectivity index (χ1) is 17.8. The summed E-state index contributed by atoms with van der Waals surface area (Å²) in [7, 11) is -4.02. The van der Waals surface area contributed by atoms with Gasteiger partial charge in [0.25, 0.3) is 15.9 Å². The van der Waals surface area contributed by atoms with Crippen LogP contribution >= 0.6 is 0 Å². The van der Waals surface area contributed by atoms with E-state index in [1.54, 1.807) is 60.7 Å². The third-order valence-corrected chi connectivity index (χ3v) is 7.94. The summed E-state index contributed by atoms with van der Waals surface area (Å²) in [6.45, 7) is 3.79. The molecule has 3 aromatic rings. The van der Waals surface area contributed by atoms with Gasteiger partial charge in [0, 0.05) is 17.7 Å². The first-order valence-electron chi connectivity index (χ1n) is 12.3. The number of allylic oxidation sites excluding steroid dienone is 1. The molecule has 192 valence electrons. The zero-order valence-corrected chi connectivity index (χ0v) is 21.8. The largest absolute Gasteiger partial charge is 0.484 e. The molecule has 0 unspecified atom stereocenters. The third kappa shape index (κ3) is 5.75. The lowest BCUT2D eigenvalue weighted by Crippen LogP contribution is -2.42. The Labute approximate surface area is 217 Å². The number of hydrogen-bond acceptors (Lipinski definition) is 5. The number of amides is 1. The SMILES string of the molecule is CCCCCN1C(C(=O)c2ccccc2)=C(NC(=O)COc2ccc(C)cc2)c2ccccc2S1(=O)=O. The van der Waals surface area contributed by atoms with E-state index in [2.05, 4.69) is 5.32 Å². The Morgan fingerprint density at radius 3 is 2.27 bits per heavy atom. The molecule has 1 heterocycles. The number of ether oxygens (including phenoxy) is 1. The van der Waals surface area contributed by atoms with E-state index in [1.807, 2.05) is 26.0 Å². The molecule has 0 saturated carbocycles. The number of unbranched alkanes of at least 4 members (excludes halogenated alkanes) is 2. The van der Waals surface area contributed by atoms with Crippen LogP contribution in [0.3, 0.4) is 0 Å². The van der Waals surface area contributed by atoms with Crippen LogP contribution in [0.25, 0.3) is 5.70 Å². The van der Waals surface area contributed by atoms with Crippen molar-refractivity contribution in [3.8, 4) is 5.75 Å². The molecule has 1 aliphatic heterocycles. The molecule has 37 heavy (non-hydrogen) atoms. The summed E-state index contributed by atoms with van der Waals surface area (Å²) in [4.78, 5) is 26.9. The van der Waals surface area contributed by atoms with Gasteiger partial charge in [-0.2, -0.15) is 0 Å². The zero-order valence-electron chi connectivity index (χ0n) is 20.9. The van der Waals surface area contributed by atoms with Crippen LogP contribution in [-0.2, 0) is 14.8 Å². The van der Waals surface area contributed by atoms with Gasteiger partial charge < -0.3 is 10.1 Å². The molecular weight excluding hydrogens is 488 g/mol. The van der Waals surface area contributed by atoms with Crippen molar-refractivity contribution in [2.75, 3.05) is 13.2 Å². The number of rotatable bonds is 10. The predicted molar refractivity (Wildman–Crippen MR) is 142 cm³/mol. The Bertz CT molecular complexity index is 1410. The number of benzene rings is 3. The zero-order chi connectivity index (χ0) is 26.4. The molecule has 0 aromatic heterocycles. The quantitative estimate of drug-likeness (QED) is 0.303. The second-order valence-corrected chi connectivity index (χ2v) is 10.7. The highest BCUT2D eigenvalue weighted by molar-refractivity contribution is 7.89. The number of nitrogens with zero attached hydrogens (tertiary/aromatic N) is 1. The molecule has 8 heteroatoms. The fourth-order valence-corrected chi connectivity index (χ4v) is 5.89. The normalized spacial score (nSPS) is 14.2. The summed E-state index contributed by atoms with van der Waals surface area (Å²) in [6.07, 6.45) is 2.25. The summed E-state index contributed by atoms with van der Waals surface area (Å²) in [5.41, 5.74) is 1.76. The Morgan fingerprint density at radius 1 is 0.892 bits per heavy atom. The average Bonchev–Trinajstić information content (AvgIpc) is 2.91. The van der Waals surface area contributed by atoms with E-state index in [9.17, 15) is 18.0 Å². The summed E-state index contributed by atoms with van der Waals surface area (Å²) in [5.74, 6) is -0.454. The van der Waals surface area contributed by atoms with Crippen molar-refractivity contribution in [1.82, 2.24) is 9.62 Å². The Hall–Kier alpha value is -3.91. The van der Waals surface area contributed by atoms with Crippen LogP contribution in [0.4, 0.5) is 0 Å². The molecule has 1 amide bonds. The molecule has 0 atom stereocenters. The Balaban J connectivity index is 1.77. The number of Topliss-reactive ketones (excluding diaryl/α,β-unsaturated/α-hetero) is 1. The molecular formula is C29H30N2O5S. The number of carbonyl (C=O) groups excluding carboxylic acids is 2. The van der Waals surface area contributed by atoms with Gasteiger partial charge in [-0.3, -0.25) is 13.9 Å². The molecule has 1 aliphatic rings. The number of nitrogens with one attached hydrogen (secondary N) is 1. The second-order valence-electron chi connectivity index (χ2n) is 8.85. The molecule has 0 bridgehead atoms. The fraction of sp³-hybridized carbons (Fsp3) is 0.241. The molecule has 7 nitrogen and oxygen atoms in total. The predicted octanol–water partition coefficient (Wildman–Crippen LogP) is 4.94. The van der Waals surface area contributed by atoms with E-state index >= 15 is 0 Å². The second kappa shape index (κ2) is 11.4. The van der Waals surface area contributed by atoms with Gasteiger partial charge in [0.1, 0.15) is 11.4 Å². The highest BCUT2D eigenvalue weighted by atomic mass is 32.2. The number of fused-ring (bicyclic) bond motifs is 1. The van der Waals surface area contributed by atoms with Gasteiger partial charge in [-0.1, -0.05) is 86.0 Å². The molecule has 1 N–H and O–H groups in total. The molecule has 0 aliphatic carbocycles. The maximum absolute atomic E-state index is 13.8. The van der Waals surface area contributed by atoms with Gasteiger partial charge in [0.15, 0.2) is 6.61 Å². The van der Waals surface area contributed by atoms with E-state index in [0.29, 0.717) is 17.7 Å².